The van der Waals surface area contributed by atoms with Gasteiger partial charge in [-0.1, -0.05) is 30.3 Å². The first-order valence-electron chi connectivity index (χ1n) is 10.8. The van der Waals surface area contributed by atoms with Crippen LogP contribution >= 0.6 is 0 Å². The zero-order valence-corrected chi connectivity index (χ0v) is 18.3. The van der Waals surface area contributed by atoms with Crippen LogP contribution in [0.5, 0.6) is 5.75 Å². The summed E-state index contributed by atoms with van der Waals surface area (Å²) in [7, 11) is 0. The lowest BCUT2D eigenvalue weighted by Crippen LogP contribution is -2.44. The first-order chi connectivity index (χ1) is 15.2. The molecule has 1 aliphatic carbocycles. The normalized spacial score (nSPS) is 23.8. The number of carbonyl (C=O) groups excluding carboxylic acids is 3. The van der Waals surface area contributed by atoms with Gasteiger partial charge in [0.1, 0.15) is 24.0 Å². The van der Waals surface area contributed by atoms with E-state index >= 15 is 0 Å². The highest BCUT2D eigenvalue weighted by Crippen LogP contribution is 2.43. The average molecular weight is 435 g/mol. The molecule has 7 nitrogen and oxygen atoms in total. The van der Waals surface area contributed by atoms with Crippen LogP contribution in [0.3, 0.4) is 0 Å². The number of fused-ring (bicyclic) bond motifs is 4. The lowest BCUT2D eigenvalue weighted by Gasteiger charge is -2.29. The van der Waals surface area contributed by atoms with Crippen molar-refractivity contribution < 1.29 is 28.6 Å². The molecule has 0 saturated carbocycles. The van der Waals surface area contributed by atoms with Crippen molar-refractivity contribution in [1.29, 1.82) is 0 Å². The van der Waals surface area contributed by atoms with Gasteiger partial charge >= 0.3 is 12.1 Å². The van der Waals surface area contributed by atoms with E-state index in [0.717, 1.165) is 22.3 Å². The highest BCUT2D eigenvalue weighted by Gasteiger charge is 2.52. The van der Waals surface area contributed by atoms with E-state index < -0.39 is 23.7 Å². The Hall–Kier alpha value is -3.19. The van der Waals surface area contributed by atoms with Crippen molar-refractivity contribution in [3.05, 3.63) is 64.7 Å². The Labute approximate surface area is 186 Å². The van der Waals surface area contributed by atoms with Gasteiger partial charge in [0.05, 0.1) is 12.0 Å². The Morgan fingerprint density at radius 3 is 2.59 bits per heavy atom. The van der Waals surface area contributed by atoms with Crippen LogP contribution in [0.1, 0.15) is 49.1 Å². The second-order valence-electron chi connectivity index (χ2n) is 9.55. The maximum Gasteiger partial charge on any atom is 0.417 e. The van der Waals surface area contributed by atoms with Crippen LogP contribution in [0.15, 0.2) is 42.5 Å². The van der Waals surface area contributed by atoms with E-state index in [-0.39, 0.29) is 24.6 Å². The molecule has 2 aliphatic heterocycles. The van der Waals surface area contributed by atoms with Gasteiger partial charge in [-0.3, -0.25) is 9.59 Å². The monoisotopic (exact) mass is 435 g/mol. The molecule has 7 heteroatoms. The van der Waals surface area contributed by atoms with Crippen molar-refractivity contribution in [2.45, 2.75) is 58.5 Å². The lowest BCUT2D eigenvalue weighted by atomic mass is 9.96. The SMILES string of the molecule is CC(C)(C)C(=O)Oc1ccc2c(c1)CO[C@H](C(=O)N1C(=O)O[C@H]3Cc4ccccc4[C@H]31)C2. The van der Waals surface area contributed by atoms with Crippen LogP contribution in [0.2, 0.25) is 0 Å². The van der Waals surface area contributed by atoms with Gasteiger partial charge in [-0.15, -0.1) is 0 Å². The number of carbonyl (C=O) groups is 3. The standard InChI is InChI=1S/C25H25NO6/c1-25(2,3)23(28)31-17-9-8-14-11-20(30-13-16(14)10-17)22(27)26-21-18-7-5-4-6-15(18)12-19(21)32-24(26)29/h4-10,19-21H,11-13H2,1-3H3/t19-,20-,21+/m0/s1. The van der Waals surface area contributed by atoms with Gasteiger partial charge in [0.2, 0.25) is 0 Å². The number of hydrogen-bond acceptors (Lipinski definition) is 6. The van der Waals surface area contributed by atoms with Crippen molar-refractivity contribution >= 4 is 18.0 Å². The van der Waals surface area contributed by atoms with Crippen LogP contribution in [0.4, 0.5) is 4.79 Å². The number of ether oxygens (including phenoxy) is 3. The smallest absolute Gasteiger partial charge is 0.417 e. The summed E-state index contributed by atoms with van der Waals surface area (Å²) < 4.78 is 16.8. The third kappa shape index (κ3) is 3.46. The van der Waals surface area contributed by atoms with E-state index in [2.05, 4.69) is 0 Å². The van der Waals surface area contributed by atoms with Gasteiger partial charge in [-0.2, -0.15) is 0 Å². The van der Waals surface area contributed by atoms with Gasteiger partial charge in [-0.05, 0) is 55.2 Å². The van der Waals surface area contributed by atoms with Gasteiger partial charge in [0.25, 0.3) is 5.91 Å². The van der Waals surface area contributed by atoms with E-state index in [9.17, 15) is 14.4 Å². The summed E-state index contributed by atoms with van der Waals surface area (Å²) in [5.74, 6) is -0.250. The summed E-state index contributed by atoms with van der Waals surface area (Å²) in [5.41, 5.74) is 3.24. The number of imide groups is 1. The Kier molecular flexibility index (Phi) is 4.82. The van der Waals surface area contributed by atoms with E-state index in [1.54, 1.807) is 32.9 Å². The average Bonchev–Trinajstić information content (AvgIpc) is 3.26. The summed E-state index contributed by atoms with van der Waals surface area (Å²) in [6.45, 7) is 5.58. The first-order valence-corrected chi connectivity index (χ1v) is 10.8. The van der Waals surface area contributed by atoms with Crippen LogP contribution in [-0.2, 0) is 38.5 Å². The van der Waals surface area contributed by atoms with Crippen molar-refractivity contribution in [3.63, 3.8) is 0 Å². The van der Waals surface area contributed by atoms with E-state index in [1.165, 1.54) is 4.90 Å². The second-order valence-corrected chi connectivity index (χ2v) is 9.55. The van der Waals surface area contributed by atoms with Crippen molar-refractivity contribution in [1.82, 2.24) is 4.90 Å². The van der Waals surface area contributed by atoms with Gasteiger partial charge in [-0.25, -0.2) is 9.69 Å². The molecule has 0 N–H and O–H groups in total. The maximum atomic E-state index is 13.3. The molecule has 5 rings (SSSR count). The predicted octanol–water partition coefficient (Wildman–Crippen LogP) is 3.72. The molecule has 0 bridgehead atoms. The molecule has 1 saturated heterocycles. The third-order valence-corrected chi connectivity index (χ3v) is 6.23. The maximum absolute atomic E-state index is 13.3. The fourth-order valence-electron chi connectivity index (χ4n) is 4.50. The number of nitrogens with zero attached hydrogens (tertiary/aromatic N) is 1. The minimum absolute atomic E-state index is 0.195. The zero-order valence-electron chi connectivity index (χ0n) is 18.3. The summed E-state index contributed by atoms with van der Waals surface area (Å²) in [6.07, 6.45) is -0.784. The fraction of sp³-hybridized carbons (Fsp3) is 0.400. The van der Waals surface area contributed by atoms with Crippen LogP contribution < -0.4 is 4.74 Å². The first kappa shape index (κ1) is 20.7. The van der Waals surface area contributed by atoms with Crippen LogP contribution in [0, 0.1) is 5.41 Å². The van der Waals surface area contributed by atoms with Gasteiger partial charge < -0.3 is 14.2 Å². The molecule has 0 spiro atoms. The highest BCUT2D eigenvalue weighted by atomic mass is 16.6. The molecular weight excluding hydrogens is 410 g/mol. The lowest BCUT2D eigenvalue weighted by molar-refractivity contribution is -0.143. The topological polar surface area (TPSA) is 82.1 Å². The van der Waals surface area contributed by atoms with Crippen molar-refractivity contribution in [3.8, 4) is 5.75 Å². The number of benzene rings is 2. The summed E-state index contributed by atoms with van der Waals surface area (Å²) in [4.78, 5) is 39.2. The van der Waals surface area contributed by atoms with Crippen molar-refractivity contribution in [2.24, 2.45) is 5.41 Å². The Bertz CT molecular complexity index is 1120. The molecule has 2 amide bonds. The minimum atomic E-state index is -0.774. The highest BCUT2D eigenvalue weighted by molar-refractivity contribution is 5.97. The zero-order chi connectivity index (χ0) is 22.6. The third-order valence-electron chi connectivity index (χ3n) is 6.23. The Balaban J connectivity index is 1.33. The summed E-state index contributed by atoms with van der Waals surface area (Å²) in [5, 5.41) is 0. The predicted molar refractivity (Wildman–Crippen MR) is 114 cm³/mol. The van der Waals surface area contributed by atoms with E-state index in [1.807, 2.05) is 30.3 Å². The molecule has 2 heterocycles. The number of esters is 1. The number of rotatable bonds is 2. The molecule has 3 atom stereocenters. The molecular formula is C25H25NO6. The Morgan fingerprint density at radius 2 is 1.81 bits per heavy atom. The molecule has 0 radical (unpaired) electrons. The van der Waals surface area contributed by atoms with E-state index in [4.69, 9.17) is 14.2 Å². The van der Waals surface area contributed by atoms with Crippen LogP contribution in [0.25, 0.3) is 0 Å². The molecule has 32 heavy (non-hydrogen) atoms. The molecule has 3 aliphatic rings. The number of hydrogen-bond donors (Lipinski definition) is 0. The molecule has 2 aromatic rings. The molecule has 166 valence electrons. The molecule has 0 unspecified atom stereocenters. The molecule has 2 aromatic carbocycles. The van der Waals surface area contributed by atoms with E-state index in [0.29, 0.717) is 18.6 Å². The molecule has 1 fully saturated rings. The summed E-state index contributed by atoms with van der Waals surface area (Å²) in [6, 6.07) is 12.7. The Morgan fingerprint density at radius 1 is 1.03 bits per heavy atom. The quantitative estimate of drug-likeness (QED) is 0.528. The minimum Gasteiger partial charge on any atom is -0.443 e. The van der Waals surface area contributed by atoms with Gasteiger partial charge in [0, 0.05) is 12.8 Å². The molecule has 0 aromatic heterocycles. The van der Waals surface area contributed by atoms with Crippen molar-refractivity contribution in [2.75, 3.05) is 0 Å². The second kappa shape index (κ2) is 7.45. The summed E-state index contributed by atoms with van der Waals surface area (Å²) >= 11 is 0. The van der Waals surface area contributed by atoms with Crippen LogP contribution in [-0.4, -0.2) is 35.1 Å². The van der Waals surface area contributed by atoms with Gasteiger partial charge in [0.15, 0.2) is 0 Å². The largest absolute Gasteiger partial charge is 0.443 e. The number of amides is 2. The fourth-order valence-corrected chi connectivity index (χ4v) is 4.50.